The van der Waals surface area contributed by atoms with Crippen LogP contribution < -0.4 is 5.43 Å². The van der Waals surface area contributed by atoms with E-state index < -0.39 is 23.9 Å². The number of hydrazine groups is 1. The molecule has 0 aromatic heterocycles. The van der Waals surface area contributed by atoms with E-state index >= 15 is 0 Å². The van der Waals surface area contributed by atoms with Crippen molar-refractivity contribution < 1.29 is 27.6 Å². The highest BCUT2D eigenvalue weighted by atomic mass is 79.9. The molecule has 2 aromatic rings. The first-order valence-electron chi connectivity index (χ1n) is 6.19. The third-order valence-corrected chi connectivity index (χ3v) is 4.02. The zero-order valence-corrected chi connectivity index (χ0v) is 12.7. The molecule has 0 bridgehead atoms. The first-order valence-corrected chi connectivity index (χ1v) is 6.99. The van der Waals surface area contributed by atoms with Crippen LogP contribution in [-0.2, 0) is 4.79 Å². The number of carbonyl (C=O) groups is 3. The largest absolute Gasteiger partial charge is 0.472 e. The van der Waals surface area contributed by atoms with E-state index in [0.717, 1.165) is 0 Å². The van der Waals surface area contributed by atoms with Crippen LogP contribution in [0.15, 0.2) is 34.8 Å². The van der Waals surface area contributed by atoms with Crippen molar-refractivity contribution in [2.75, 3.05) is 0 Å². The number of amides is 3. The summed E-state index contributed by atoms with van der Waals surface area (Å²) in [5.74, 6) is -4.44. The van der Waals surface area contributed by atoms with E-state index in [9.17, 15) is 27.6 Å². The number of hydrogen-bond acceptors (Lipinski definition) is 3. The van der Waals surface area contributed by atoms with Crippen LogP contribution in [-0.4, -0.2) is 28.9 Å². The van der Waals surface area contributed by atoms with E-state index in [1.807, 2.05) is 0 Å². The Morgan fingerprint density at radius 2 is 1.65 bits per heavy atom. The second kappa shape index (κ2) is 5.05. The van der Waals surface area contributed by atoms with Crippen LogP contribution in [0.1, 0.15) is 20.7 Å². The van der Waals surface area contributed by atoms with Crippen LogP contribution in [0.5, 0.6) is 0 Å². The van der Waals surface area contributed by atoms with E-state index in [-0.39, 0.29) is 16.1 Å². The average Bonchev–Trinajstić information content (AvgIpc) is 2.49. The van der Waals surface area contributed by atoms with Gasteiger partial charge in [0.25, 0.3) is 11.8 Å². The van der Waals surface area contributed by atoms with Gasteiger partial charge in [-0.3, -0.25) is 14.4 Å². The average molecular weight is 387 g/mol. The van der Waals surface area contributed by atoms with Crippen LogP contribution in [0.4, 0.5) is 13.2 Å². The van der Waals surface area contributed by atoms with Crippen molar-refractivity contribution in [3.63, 3.8) is 0 Å². The van der Waals surface area contributed by atoms with Crippen LogP contribution in [0.2, 0.25) is 0 Å². The minimum absolute atomic E-state index is 0.0286. The number of halogens is 4. The normalized spacial score (nSPS) is 14.3. The standard InChI is InChI=1S/C14H6BrF3N2O3/c15-9-5-4-8-10-6(9)2-1-3-7(10)11(21)20(12(8)22)19-13(23)14(16,17)18/h1-5H,(H,19,23). The number of benzene rings is 2. The van der Waals surface area contributed by atoms with E-state index in [4.69, 9.17) is 0 Å². The molecule has 3 amide bonds. The molecule has 0 spiro atoms. The van der Waals surface area contributed by atoms with E-state index in [0.29, 0.717) is 15.2 Å². The lowest BCUT2D eigenvalue weighted by atomic mass is 9.95. The molecule has 9 heteroatoms. The summed E-state index contributed by atoms with van der Waals surface area (Å²) >= 11 is 3.29. The van der Waals surface area contributed by atoms with Crippen LogP contribution in [0, 0.1) is 0 Å². The van der Waals surface area contributed by atoms with Gasteiger partial charge in [0.1, 0.15) is 0 Å². The summed E-state index contributed by atoms with van der Waals surface area (Å²) in [5, 5.41) is 0.985. The lowest BCUT2D eigenvalue weighted by Gasteiger charge is -2.27. The van der Waals surface area contributed by atoms with Gasteiger partial charge in [0, 0.05) is 9.86 Å². The predicted molar refractivity (Wildman–Crippen MR) is 76.3 cm³/mol. The molecular formula is C14H6BrF3N2O3. The molecule has 5 nitrogen and oxygen atoms in total. The SMILES string of the molecule is O=C1c2cccc3c(Br)ccc(c23)C(=O)N1NC(=O)C(F)(F)F. The quantitative estimate of drug-likeness (QED) is 0.766. The Morgan fingerprint density at radius 1 is 1.04 bits per heavy atom. The summed E-state index contributed by atoms with van der Waals surface area (Å²) in [5.41, 5.74) is 1.37. The lowest BCUT2D eigenvalue weighted by molar-refractivity contribution is -0.176. The van der Waals surface area contributed by atoms with Gasteiger partial charge in [-0.05, 0) is 23.6 Å². The highest BCUT2D eigenvalue weighted by Gasteiger charge is 2.43. The minimum Gasteiger partial charge on any atom is -0.267 e. The maximum Gasteiger partial charge on any atom is 0.472 e. The number of rotatable bonds is 1. The first-order chi connectivity index (χ1) is 10.7. The number of alkyl halides is 3. The van der Waals surface area contributed by atoms with Gasteiger partial charge in [-0.2, -0.15) is 18.2 Å². The Bertz CT molecular complexity index is 857. The number of imide groups is 1. The molecule has 1 aliphatic heterocycles. The highest BCUT2D eigenvalue weighted by Crippen LogP contribution is 2.33. The molecule has 3 rings (SSSR count). The molecule has 1 aliphatic rings. The summed E-state index contributed by atoms with van der Waals surface area (Å²) in [7, 11) is 0. The Hall–Kier alpha value is -2.42. The van der Waals surface area contributed by atoms with Crippen LogP contribution in [0.25, 0.3) is 10.8 Å². The van der Waals surface area contributed by atoms with Crippen molar-refractivity contribution in [2.24, 2.45) is 0 Å². The van der Waals surface area contributed by atoms with Crippen molar-refractivity contribution in [2.45, 2.75) is 6.18 Å². The molecule has 0 fully saturated rings. The van der Waals surface area contributed by atoms with Gasteiger partial charge in [-0.15, -0.1) is 0 Å². The maximum absolute atomic E-state index is 12.4. The van der Waals surface area contributed by atoms with Gasteiger partial charge in [-0.1, -0.05) is 28.1 Å². The first kappa shape index (κ1) is 15.5. The molecule has 0 unspecified atom stereocenters. The molecule has 2 aromatic carbocycles. The molecule has 1 N–H and O–H groups in total. The molecule has 0 radical (unpaired) electrons. The summed E-state index contributed by atoms with van der Waals surface area (Å²) in [6, 6.07) is 7.48. The summed E-state index contributed by atoms with van der Waals surface area (Å²) in [6.07, 6.45) is -5.22. The molecule has 0 aliphatic carbocycles. The molecule has 0 atom stereocenters. The Labute approximate surface area is 135 Å². The van der Waals surface area contributed by atoms with Crippen molar-refractivity contribution in [1.29, 1.82) is 0 Å². The molecular weight excluding hydrogens is 381 g/mol. The van der Waals surface area contributed by atoms with Crippen molar-refractivity contribution in [3.8, 4) is 0 Å². The topological polar surface area (TPSA) is 66.5 Å². The minimum atomic E-state index is -5.22. The van der Waals surface area contributed by atoms with Crippen LogP contribution in [0.3, 0.4) is 0 Å². The summed E-state index contributed by atoms with van der Waals surface area (Å²) in [6.45, 7) is 0. The smallest absolute Gasteiger partial charge is 0.267 e. The highest BCUT2D eigenvalue weighted by molar-refractivity contribution is 9.10. The number of nitrogens with zero attached hydrogens (tertiary/aromatic N) is 1. The fraction of sp³-hybridized carbons (Fsp3) is 0.0714. The number of carbonyl (C=O) groups excluding carboxylic acids is 3. The second-order valence-electron chi connectivity index (χ2n) is 4.71. The zero-order chi connectivity index (χ0) is 16.9. The van der Waals surface area contributed by atoms with Gasteiger partial charge >= 0.3 is 12.1 Å². The number of nitrogens with one attached hydrogen (secondary N) is 1. The monoisotopic (exact) mass is 386 g/mol. The van der Waals surface area contributed by atoms with Crippen molar-refractivity contribution >= 4 is 44.4 Å². The Kier molecular flexibility index (Phi) is 3.40. The third kappa shape index (κ3) is 2.37. The van der Waals surface area contributed by atoms with Crippen molar-refractivity contribution in [3.05, 3.63) is 45.9 Å². The van der Waals surface area contributed by atoms with E-state index in [1.165, 1.54) is 23.6 Å². The Morgan fingerprint density at radius 3 is 2.26 bits per heavy atom. The zero-order valence-electron chi connectivity index (χ0n) is 11.1. The molecule has 1 heterocycles. The summed E-state index contributed by atoms with van der Waals surface area (Å²) < 4.78 is 37.7. The van der Waals surface area contributed by atoms with Crippen molar-refractivity contribution in [1.82, 2.24) is 10.4 Å². The van der Waals surface area contributed by atoms with Gasteiger partial charge in [0.2, 0.25) is 0 Å². The molecule has 118 valence electrons. The van der Waals surface area contributed by atoms with Gasteiger partial charge < -0.3 is 0 Å². The lowest BCUT2D eigenvalue weighted by Crippen LogP contribution is -2.54. The number of hydrogen-bond donors (Lipinski definition) is 1. The maximum atomic E-state index is 12.4. The second-order valence-corrected chi connectivity index (χ2v) is 5.56. The molecule has 0 saturated heterocycles. The fourth-order valence-electron chi connectivity index (χ4n) is 2.33. The van der Waals surface area contributed by atoms with Gasteiger partial charge in [0.15, 0.2) is 0 Å². The third-order valence-electron chi connectivity index (χ3n) is 3.33. The summed E-state index contributed by atoms with van der Waals surface area (Å²) in [4.78, 5) is 35.6. The predicted octanol–water partition coefficient (Wildman–Crippen LogP) is 2.79. The van der Waals surface area contributed by atoms with E-state index in [2.05, 4.69) is 15.9 Å². The van der Waals surface area contributed by atoms with Gasteiger partial charge in [-0.25, -0.2) is 5.43 Å². The van der Waals surface area contributed by atoms with E-state index in [1.54, 1.807) is 12.1 Å². The van der Waals surface area contributed by atoms with Crippen LogP contribution >= 0.6 is 15.9 Å². The molecule has 23 heavy (non-hydrogen) atoms. The fourth-order valence-corrected chi connectivity index (χ4v) is 2.79. The Balaban J connectivity index is 2.14. The molecule has 0 saturated carbocycles. The van der Waals surface area contributed by atoms with Gasteiger partial charge in [0.05, 0.1) is 11.1 Å².